The van der Waals surface area contributed by atoms with E-state index in [4.69, 9.17) is 0 Å². The molecule has 0 radical (unpaired) electrons. The number of allylic oxidation sites excluding steroid dienone is 4. The van der Waals surface area contributed by atoms with E-state index in [0.29, 0.717) is 5.92 Å². The van der Waals surface area contributed by atoms with Gasteiger partial charge in [-0.05, 0) is 24.8 Å². The largest absolute Gasteiger partial charge is 0.347 e. The lowest BCUT2D eigenvalue weighted by atomic mass is 10.1. The number of rotatable bonds is 5. The van der Waals surface area contributed by atoms with E-state index in [1.54, 1.807) is 0 Å². The highest BCUT2D eigenvalue weighted by Crippen LogP contribution is 2.22. The van der Waals surface area contributed by atoms with Gasteiger partial charge in [-0.1, -0.05) is 42.5 Å². The quantitative estimate of drug-likeness (QED) is 0.580. The van der Waals surface area contributed by atoms with E-state index in [-0.39, 0.29) is 0 Å². The van der Waals surface area contributed by atoms with Crippen molar-refractivity contribution in [3.8, 4) is 0 Å². The average molecular weight is 279 g/mol. The molecule has 2 aromatic rings. The van der Waals surface area contributed by atoms with Gasteiger partial charge in [-0.2, -0.15) is 0 Å². The molecule has 0 saturated carbocycles. The zero-order valence-corrected chi connectivity index (χ0v) is 12.9. The number of hydrogen-bond acceptors (Lipinski definition) is 0. The summed E-state index contributed by atoms with van der Waals surface area (Å²) in [4.78, 5) is 0. The molecule has 0 spiro atoms. The van der Waals surface area contributed by atoms with Crippen LogP contribution in [0.3, 0.4) is 0 Å². The van der Waals surface area contributed by atoms with E-state index >= 15 is 0 Å². The smallest absolute Gasteiger partial charge is 0.172 e. The number of fused-ring (bicyclic) bond motifs is 1. The molecule has 0 amide bonds. The maximum Gasteiger partial charge on any atom is 0.172 e. The van der Waals surface area contributed by atoms with Gasteiger partial charge in [0.1, 0.15) is 14.1 Å². The molecule has 3 rings (SSSR count). The molecule has 2 nitrogen and oxygen atoms in total. The summed E-state index contributed by atoms with van der Waals surface area (Å²) >= 11 is 0. The topological polar surface area (TPSA) is 7.94 Å². The Labute approximate surface area is 126 Å². The molecule has 108 valence electrons. The van der Waals surface area contributed by atoms with Gasteiger partial charge in [-0.25, -0.2) is 4.58 Å². The Morgan fingerprint density at radius 3 is 2.67 bits per heavy atom. The lowest BCUT2D eigenvalue weighted by molar-refractivity contribution is -0.458. The van der Waals surface area contributed by atoms with Gasteiger partial charge in [-0.3, -0.25) is 0 Å². The zero-order valence-electron chi connectivity index (χ0n) is 12.9. The monoisotopic (exact) mass is 279 g/mol. The Hall–Kier alpha value is -2.09. The number of benzene rings is 1. The molecule has 21 heavy (non-hydrogen) atoms. The minimum absolute atomic E-state index is 0.639. The lowest BCUT2D eigenvalue weighted by Gasteiger charge is -2.07. The SMILES string of the molecule is C[N+](C)=Cc1cn(CCCC2C=CC=C2)c2ccccc12. The molecule has 0 fully saturated rings. The summed E-state index contributed by atoms with van der Waals surface area (Å²) in [6.07, 6.45) is 15.8. The molecule has 0 N–H and O–H groups in total. The Kier molecular flexibility index (Phi) is 4.05. The van der Waals surface area contributed by atoms with Crippen molar-refractivity contribution < 1.29 is 4.58 Å². The van der Waals surface area contributed by atoms with E-state index in [2.05, 4.69) is 84.2 Å². The molecule has 0 saturated heterocycles. The van der Waals surface area contributed by atoms with Crippen LogP contribution in [0.4, 0.5) is 0 Å². The summed E-state index contributed by atoms with van der Waals surface area (Å²) in [5, 5.41) is 1.34. The predicted molar refractivity (Wildman–Crippen MR) is 90.2 cm³/mol. The molecular formula is C19H23N2+. The van der Waals surface area contributed by atoms with Gasteiger partial charge in [0.05, 0.1) is 5.56 Å². The first-order valence-corrected chi connectivity index (χ1v) is 7.68. The van der Waals surface area contributed by atoms with Crippen LogP contribution in [0, 0.1) is 5.92 Å². The van der Waals surface area contributed by atoms with E-state index in [1.165, 1.54) is 29.3 Å². The third-order valence-electron chi connectivity index (χ3n) is 3.98. The second kappa shape index (κ2) is 6.13. The van der Waals surface area contributed by atoms with E-state index in [0.717, 1.165) is 6.54 Å². The third-order valence-corrected chi connectivity index (χ3v) is 3.98. The number of aryl methyl sites for hydroxylation is 1. The second-order valence-electron chi connectivity index (χ2n) is 5.96. The fourth-order valence-electron chi connectivity index (χ4n) is 3.01. The summed E-state index contributed by atoms with van der Waals surface area (Å²) in [6.45, 7) is 1.08. The van der Waals surface area contributed by atoms with Crippen LogP contribution in [-0.2, 0) is 6.54 Å². The maximum atomic E-state index is 2.40. The molecule has 0 unspecified atom stereocenters. The van der Waals surface area contributed by atoms with Crippen LogP contribution >= 0.6 is 0 Å². The predicted octanol–water partition coefficient (Wildman–Crippen LogP) is 3.85. The molecule has 1 aromatic heterocycles. The summed E-state index contributed by atoms with van der Waals surface area (Å²) < 4.78 is 4.51. The van der Waals surface area contributed by atoms with Crippen LogP contribution in [0.2, 0.25) is 0 Å². The normalized spacial score (nSPS) is 14.2. The highest BCUT2D eigenvalue weighted by Gasteiger charge is 2.09. The zero-order chi connectivity index (χ0) is 14.7. The number of para-hydroxylation sites is 1. The van der Waals surface area contributed by atoms with Gasteiger partial charge < -0.3 is 4.57 Å². The van der Waals surface area contributed by atoms with Crippen molar-refractivity contribution in [2.75, 3.05) is 14.1 Å². The fraction of sp³-hybridized carbons (Fsp3) is 0.316. The van der Waals surface area contributed by atoms with Gasteiger partial charge >= 0.3 is 0 Å². The third kappa shape index (κ3) is 3.15. The van der Waals surface area contributed by atoms with Gasteiger partial charge in [0.2, 0.25) is 0 Å². The van der Waals surface area contributed by atoms with Crippen LogP contribution < -0.4 is 0 Å². The van der Waals surface area contributed by atoms with Crippen LogP contribution in [-0.4, -0.2) is 29.5 Å². The van der Waals surface area contributed by atoms with Crippen molar-refractivity contribution in [2.45, 2.75) is 19.4 Å². The molecule has 0 bridgehead atoms. The Bertz CT molecular complexity index is 700. The van der Waals surface area contributed by atoms with Crippen LogP contribution in [0.25, 0.3) is 10.9 Å². The summed E-state index contributed by atoms with van der Waals surface area (Å²) in [5.74, 6) is 0.639. The number of hydrogen-bond donors (Lipinski definition) is 0. The minimum atomic E-state index is 0.639. The molecule has 0 aliphatic heterocycles. The van der Waals surface area contributed by atoms with Crippen molar-refractivity contribution in [2.24, 2.45) is 5.92 Å². The molecule has 1 aliphatic carbocycles. The summed E-state index contributed by atoms with van der Waals surface area (Å²) in [7, 11) is 4.15. The Balaban J connectivity index is 1.79. The standard InChI is InChI=1S/C19H23N2/c1-20(2)14-17-15-21(19-12-6-5-11-18(17)19)13-7-10-16-8-3-4-9-16/h3-6,8-9,11-12,14-16H,7,10,13H2,1-2H3/q+1. The molecule has 0 atom stereocenters. The number of aromatic nitrogens is 1. The summed E-state index contributed by atoms with van der Waals surface area (Å²) in [5.41, 5.74) is 2.64. The van der Waals surface area contributed by atoms with Gasteiger partial charge in [0.15, 0.2) is 6.21 Å². The van der Waals surface area contributed by atoms with Crippen molar-refractivity contribution in [3.05, 3.63) is 60.3 Å². The van der Waals surface area contributed by atoms with Gasteiger partial charge in [0.25, 0.3) is 0 Å². The molecule has 1 heterocycles. The molecule has 1 aliphatic rings. The number of nitrogens with zero attached hydrogens (tertiary/aromatic N) is 2. The first-order chi connectivity index (χ1) is 10.2. The van der Waals surface area contributed by atoms with Crippen LogP contribution in [0.5, 0.6) is 0 Å². The fourth-order valence-corrected chi connectivity index (χ4v) is 3.01. The first-order valence-electron chi connectivity index (χ1n) is 7.68. The van der Waals surface area contributed by atoms with Gasteiger partial charge in [0, 0.05) is 23.6 Å². The lowest BCUT2D eigenvalue weighted by Crippen LogP contribution is -2.00. The second-order valence-corrected chi connectivity index (χ2v) is 5.96. The van der Waals surface area contributed by atoms with E-state index in [9.17, 15) is 0 Å². The van der Waals surface area contributed by atoms with Crippen molar-refractivity contribution >= 4 is 17.1 Å². The molecule has 2 heteroatoms. The minimum Gasteiger partial charge on any atom is -0.347 e. The van der Waals surface area contributed by atoms with Crippen molar-refractivity contribution in [1.82, 2.24) is 4.57 Å². The highest BCUT2D eigenvalue weighted by molar-refractivity contribution is 5.97. The molecular weight excluding hydrogens is 256 g/mol. The Morgan fingerprint density at radius 1 is 1.14 bits per heavy atom. The van der Waals surface area contributed by atoms with E-state index in [1.807, 2.05) is 0 Å². The first kappa shape index (κ1) is 13.9. The van der Waals surface area contributed by atoms with Crippen molar-refractivity contribution in [1.29, 1.82) is 0 Å². The highest BCUT2D eigenvalue weighted by atomic mass is 15.0. The van der Waals surface area contributed by atoms with Crippen LogP contribution in [0.15, 0.2) is 54.8 Å². The van der Waals surface area contributed by atoms with Gasteiger partial charge in [-0.15, -0.1) is 0 Å². The molecule has 1 aromatic carbocycles. The summed E-state index contributed by atoms with van der Waals surface area (Å²) in [6, 6.07) is 8.68. The average Bonchev–Trinajstić information content (AvgIpc) is 3.08. The Morgan fingerprint density at radius 2 is 1.90 bits per heavy atom. The van der Waals surface area contributed by atoms with Crippen molar-refractivity contribution in [3.63, 3.8) is 0 Å². The van der Waals surface area contributed by atoms with E-state index < -0.39 is 0 Å². The maximum absolute atomic E-state index is 2.40. The van der Waals surface area contributed by atoms with Crippen LogP contribution in [0.1, 0.15) is 18.4 Å².